The number of benzene rings is 1. The Morgan fingerprint density at radius 2 is 1.69 bits per heavy atom. The molecule has 1 heterocycles. The van der Waals surface area contributed by atoms with Crippen molar-refractivity contribution in [2.24, 2.45) is 28.6 Å². The molecule has 1 saturated carbocycles. The summed E-state index contributed by atoms with van der Waals surface area (Å²) in [6.45, 7) is 15.4. The van der Waals surface area contributed by atoms with Crippen LogP contribution < -0.4 is 0 Å². The molecule has 1 aromatic carbocycles. The van der Waals surface area contributed by atoms with Gasteiger partial charge in [0.2, 0.25) is 3.23 Å². The van der Waals surface area contributed by atoms with Gasteiger partial charge in [-0.05, 0) is 41.7 Å². The number of alkyl halides is 2. The van der Waals surface area contributed by atoms with Crippen LogP contribution in [0.5, 0.6) is 0 Å². The van der Waals surface area contributed by atoms with E-state index in [4.69, 9.17) is 16.3 Å². The smallest absolute Gasteiger partial charge is 0.342 e. The van der Waals surface area contributed by atoms with E-state index in [1.54, 1.807) is 6.07 Å². The zero-order valence-corrected chi connectivity index (χ0v) is 25.5. The van der Waals surface area contributed by atoms with Crippen molar-refractivity contribution in [3.63, 3.8) is 0 Å². The van der Waals surface area contributed by atoms with Crippen LogP contribution in [-0.4, -0.2) is 32.2 Å². The molecule has 198 valence electrons. The van der Waals surface area contributed by atoms with Gasteiger partial charge in [-0.1, -0.05) is 91.9 Å². The molecule has 8 nitrogen and oxygen atoms in total. The van der Waals surface area contributed by atoms with Crippen molar-refractivity contribution >= 4 is 55.1 Å². The Kier molecular flexibility index (Phi) is 8.33. The number of hydrogen-bond donors (Lipinski definition) is 1. The maximum Gasteiger partial charge on any atom is 0.342 e. The van der Waals surface area contributed by atoms with Gasteiger partial charge in [0.05, 0.1) is 4.92 Å². The van der Waals surface area contributed by atoms with Gasteiger partial charge < -0.3 is 4.74 Å². The van der Waals surface area contributed by atoms with Crippen LogP contribution >= 0.6 is 43.5 Å². The molecular formula is C25H33Br2ClN4O4. The van der Waals surface area contributed by atoms with Gasteiger partial charge in [0.1, 0.15) is 11.1 Å². The zero-order valence-electron chi connectivity index (χ0n) is 21.6. The molecule has 1 fully saturated rings. The van der Waals surface area contributed by atoms with Gasteiger partial charge in [0.15, 0.2) is 11.6 Å². The number of nitro groups is 1. The fraction of sp³-hybridized carbons (Fsp3) is 0.640. The van der Waals surface area contributed by atoms with Crippen LogP contribution in [0.15, 0.2) is 18.2 Å². The maximum absolute atomic E-state index is 13.6. The van der Waals surface area contributed by atoms with E-state index in [0.29, 0.717) is 11.5 Å². The number of nitro benzene ring substituents is 1. The quantitative estimate of drug-likeness (QED) is 0.154. The lowest BCUT2D eigenvalue weighted by molar-refractivity contribution is -0.384. The van der Waals surface area contributed by atoms with Crippen molar-refractivity contribution in [2.45, 2.75) is 70.6 Å². The van der Waals surface area contributed by atoms with E-state index in [2.05, 4.69) is 95.5 Å². The van der Waals surface area contributed by atoms with Crippen LogP contribution in [-0.2, 0) is 12.8 Å². The molecule has 0 amide bonds. The number of aromatic amines is 1. The standard InChI is InChI=1S/C25H33Br2ClN4O4/c1-13-10-15(23(2,3)4)19(16(11-13)24(5,6)7)36-22(33)25(26,27)21-29-20(30-31-21)14-8-9-17(28)18(12-14)32(34)35/h8-9,12-13,15-16,19H,10-11H2,1-7H3,(H,29,30,31). The van der Waals surface area contributed by atoms with Crippen molar-refractivity contribution in [1.82, 2.24) is 15.2 Å². The lowest BCUT2D eigenvalue weighted by atomic mass is 9.59. The van der Waals surface area contributed by atoms with E-state index in [9.17, 15) is 14.9 Å². The molecule has 0 spiro atoms. The third-order valence-corrected chi connectivity index (χ3v) is 8.73. The van der Waals surface area contributed by atoms with Crippen molar-refractivity contribution in [3.05, 3.63) is 39.2 Å². The molecular weight excluding hydrogens is 616 g/mol. The Hall–Kier alpha value is -1.52. The topological polar surface area (TPSA) is 111 Å². The first-order valence-electron chi connectivity index (χ1n) is 11.9. The molecule has 1 aliphatic rings. The minimum Gasteiger partial charge on any atom is -0.460 e. The Balaban J connectivity index is 1.91. The van der Waals surface area contributed by atoms with Crippen LogP contribution in [0.3, 0.4) is 0 Å². The highest BCUT2D eigenvalue weighted by molar-refractivity contribution is 9.25. The SMILES string of the molecule is CC1CC(C(C)(C)C)C(OC(=O)C(Br)(Br)c2nc(-c3ccc(Cl)c([N+](=O)[O-])c3)n[nH]2)C(C(C)(C)C)C1. The molecule has 2 unspecified atom stereocenters. The number of carbonyl (C=O) groups is 1. The summed E-state index contributed by atoms with van der Waals surface area (Å²) in [5.74, 6) is 0.730. The first-order chi connectivity index (χ1) is 16.4. The molecule has 0 saturated heterocycles. The normalized spacial score (nSPS) is 23.4. The second-order valence-electron chi connectivity index (χ2n) is 11.9. The Bertz CT molecular complexity index is 1120. The highest BCUT2D eigenvalue weighted by Crippen LogP contribution is 2.51. The molecule has 3 rings (SSSR count). The van der Waals surface area contributed by atoms with Crippen molar-refractivity contribution in [3.8, 4) is 11.4 Å². The van der Waals surface area contributed by atoms with Crippen LogP contribution in [0.2, 0.25) is 5.02 Å². The Morgan fingerprint density at radius 1 is 1.14 bits per heavy atom. The summed E-state index contributed by atoms with van der Waals surface area (Å²) in [7, 11) is 0. The number of nitrogens with zero attached hydrogens (tertiary/aromatic N) is 3. The molecule has 1 aliphatic carbocycles. The van der Waals surface area contributed by atoms with Gasteiger partial charge in [0, 0.05) is 23.5 Å². The van der Waals surface area contributed by atoms with Crippen LogP contribution in [0.4, 0.5) is 5.69 Å². The van der Waals surface area contributed by atoms with Crippen molar-refractivity contribution in [2.75, 3.05) is 0 Å². The molecule has 1 aromatic heterocycles. The molecule has 2 atom stereocenters. The summed E-state index contributed by atoms with van der Waals surface area (Å²) in [5.41, 5.74) is 0.0386. The number of halogens is 3. The highest BCUT2D eigenvalue weighted by Gasteiger charge is 2.50. The van der Waals surface area contributed by atoms with Crippen LogP contribution in [0.25, 0.3) is 11.4 Å². The van der Waals surface area contributed by atoms with Crippen LogP contribution in [0.1, 0.15) is 67.1 Å². The number of carbonyl (C=O) groups excluding carboxylic acids is 1. The summed E-state index contributed by atoms with van der Waals surface area (Å²) in [6.07, 6.45) is 1.69. The van der Waals surface area contributed by atoms with E-state index in [1.165, 1.54) is 12.1 Å². The minimum absolute atomic E-state index is 0.0158. The lowest BCUT2D eigenvalue weighted by Gasteiger charge is -2.50. The summed E-state index contributed by atoms with van der Waals surface area (Å²) in [6, 6.07) is 4.29. The van der Waals surface area contributed by atoms with Crippen molar-refractivity contribution < 1.29 is 14.5 Å². The predicted octanol–water partition coefficient (Wildman–Crippen LogP) is 7.64. The van der Waals surface area contributed by atoms with E-state index in [0.717, 1.165) is 12.8 Å². The second kappa shape index (κ2) is 10.3. The fourth-order valence-corrected chi connectivity index (χ4v) is 5.71. The third-order valence-electron chi connectivity index (χ3n) is 7.01. The van der Waals surface area contributed by atoms with E-state index >= 15 is 0 Å². The monoisotopic (exact) mass is 646 g/mol. The molecule has 1 N–H and O–H groups in total. The Labute approximate surface area is 233 Å². The molecule has 2 aromatic rings. The van der Waals surface area contributed by atoms with E-state index < -0.39 is 14.1 Å². The number of hydrogen-bond acceptors (Lipinski definition) is 6. The molecule has 0 aliphatic heterocycles. The number of nitrogens with one attached hydrogen (secondary N) is 1. The van der Waals surface area contributed by atoms with Gasteiger partial charge >= 0.3 is 5.97 Å². The minimum atomic E-state index is -1.47. The number of rotatable bonds is 5. The number of H-pyrrole nitrogens is 1. The molecule has 36 heavy (non-hydrogen) atoms. The molecule has 0 radical (unpaired) electrons. The molecule has 11 heteroatoms. The average molecular weight is 649 g/mol. The number of esters is 1. The third kappa shape index (κ3) is 6.13. The largest absolute Gasteiger partial charge is 0.460 e. The summed E-state index contributed by atoms with van der Waals surface area (Å²) in [4.78, 5) is 28.7. The zero-order chi connectivity index (χ0) is 27.2. The number of aromatic nitrogens is 3. The summed E-state index contributed by atoms with van der Waals surface area (Å²) < 4.78 is 4.82. The first kappa shape index (κ1) is 29.0. The first-order valence-corrected chi connectivity index (χ1v) is 13.9. The van der Waals surface area contributed by atoms with E-state index in [1.807, 2.05) is 0 Å². The predicted molar refractivity (Wildman–Crippen MR) is 147 cm³/mol. The van der Waals surface area contributed by atoms with Gasteiger partial charge in [-0.2, -0.15) is 5.10 Å². The van der Waals surface area contributed by atoms with Gasteiger partial charge in [-0.3, -0.25) is 15.2 Å². The highest BCUT2D eigenvalue weighted by atomic mass is 79.9. The van der Waals surface area contributed by atoms with Gasteiger partial charge in [0.25, 0.3) is 5.69 Å². The average Bonchev–Trinajstić information content (AvgIpc) is 3.24. The van der Waals surface area contributed by atoms with Crippen molar-refractivity contribution in [1.29, 1.82) is 0 Å². The van der Waals surface area contributed by atoms with Gasteiger partial charge in [-0.25, -0.2) is 9.78 Å². The summed E-state index contributed by atoms with van der Waals surface area (Å²) in [5, 5.41) is 18.2. The van der Waals surface area contributed by atoms with E-state index in [-0.39, 0.29) is 51.1 Å². The van der Waals surface area contributed by atoms with Gasteiger partial charge in [-0.15, -0.1) is 0 Å². The Morgan fingerprint density at radius 3 is 2.19 bits per heavy atom. The van der Waals surface area contributed by atoms with Crippen LogP contribution in [0, 0.1) is 38.7 Å². The number of ether oxygens (including phenoxy) is 1. The molecule has 0 bridgehead atoms. The second-order valence-corrected chi connectivity index (χ2v) is 15.7. The maximum atomic E-state index is 13.6. The fourth-order valence-electron chi connectivity index (χ4n) is 4.99. The lowest BCUT2D eigenvalue weighted by Crippen LogP contribution is -2.50. The summed E-state index contributed by atoms with van der Waals surface area (Å²) >= 11 is 12.8.